The Morgan fingerprint density at radius 3 is 2.67 bits per heavy atom. The largest absolute Gasteiger partial charge is 0.330 e. The number of anilines is 2. The molecule has 2 N–H and O–H groups in total. The number of hydrogen-bond acceptors (Lipinski definition) is 7. The third kappa shape index (κ3) is 5.75. The summed E-state index contributed by atoms with van der Waals surface area (Å²) < 4.78 is 57.6. The molecule has 2 aromatic heterocycles. The van der Waals surface area contributed by atoms with Crippen LogP contribution in [-0.4, -0.2) is 57.8 Å². The summed E-state index contributed by atoms with van der Waals surface area (Å²) in [7, 11) is -1.03. The van der Waals surface area contributed by atoms with Crippen LogP contribution in [-0.2, 0) is 27.8 Å². The number of likely N-dealkylation sites (N-methyl/N-ethyl adjacent to an activating group) is 1. The first kappa shape index (κ1) is 27.5. The fraction of sp³-hybridized carbons (Fsp3) is 0.200. The summed E-state index contributed by atoms with van der Waals surface area (Å²) in [4.78, 5) is 37.2. The molecular weight excluding hydrogens is 561 g/mol. The van der Waals surface area contributed by atoms with Crippen LogP contribution in [0.4, 0.5) is 25.1 Å². The Bertz CT molecular complexity index is 1720. The normalized spacial score (nSPS) is 13.6. The zero-order valence-corrected chi connectivity index (χ0v) is 23.0. The van der Waals surface area contributed by atoms with Crippen molar-refractivity contribution in [3.8, 4) is 0 Å². The van der Waals surface area contributed by atoms with Crippen molar-refractivity contribution in [2.75, 3.05) is 22.8 Å². The number of aromatic nitrogens is 2. The van der Waals surface area contributed by atoms with Crippen molar-refractivity contribution in [3.63, 3.8) is 0 Å². The number of benzene rings is 2. The molecule has 2 aromatic carbocycles. The van der Waals surface area contributed by atoms with Crippen molar-refractivity contribution in [2.45, 2.75) is 18.9 Å². The van der Waals surface area contributed by atoms with E-state index in [0.717, 1.165) is 26.0 Å². The Balaban J connectivity index is 1.39. The number of rotatable bonds is 7. The zero-order valence-electron chi connectivity index (χ0n) is 21.4. The van der Waals surface area contributed by atoms with E-state index in [9.17, 15) is 26.8 Å². The van der Waals surface area contributed by atoms with Crippen LogP contribution in [0.3, 0.4) is 0 Å². The first-order valence-corrected chi connectivity index (χ1v) is 14.4. The maximum absolute atomic E-state index is 13.9. The Labute approximate surface area is 233 Å². The zero-order chi connectivity index (χ0) is 28.6. The molecule has 206 valence electrons. The second-order valence-corrected chi connectivity index (χ2v) is 12.0. The molecule has 15 heteroatoms. The summed E-state index contributed by atoms with van der Waals surface area (Å²) in [6.45, 7) is 0.0845. The number of nitrogens with one attached hydrogen (secondary N) is 2. The molecule has 0 bridgehead atoms. The lowest BCUT2D eigenvalue weighted by atomic mass is 10.0. The molecule has 3 heterocycles. The summed E-state index contributed by atoms with van der Waals surface area (Å²) in [6.07, 6.45) is 1.56. The fourth-order valence-electron chi connectivity index (χ4n) is 4.54. The summed E-state index contributed by atoms with van der Waals surface area (Å²) in [5.74, 6) is -2.15. The Morgan fingerprint density at radius 1 is 1.18 bits per heavy atom. The molecule has 1 aliphatic heterocycles. The number of carbonyl (C=O) groups excluding carboxylic acids is 2. The summed E-state index contributed by atoms with van der Waals surface area (Å²) in [6, 6.07) is 8.85. The molecule has 0 saturated heterocycles. The van der Waals surface area contributed by atoms with Gasteiger partial charge < -0.3 is 10.2 Å². The van der Waals surface area contributed by atoms with Crippen LogP contribution in [0.1, 0.15) is 11.1 Å². The van der Waals surface area contributed by atoms with Gasteiger partial charge in [-0.1, -0.05) is 6.07 Å². The highest BCUT2D eigenvalue weighted by Gasteiger charge is 2.33. The average molecular weight is 584 g/mol. The van der Waals surface area contributed by atoms with Gasteiger partial charge in [-0.15, -0.1) is 11.3 Å². The molecular formula is C25H23BF2N6O4S2. The lowest BCUT2D eigenvalue weighted by Gasteiger charge is -2.26. The minimum Gasteiger partial charge on any atom is -0.325 e. The molecule has 0 fully saturated rings. The number of pyridine rings is 1. The molecule has 1 aliphatic rings. The molecule has 0 saturated carbocycles. The third-order valence-corrected chi connectivity index (χ3v) is 8.69. The molecule has 4 aromatic rings. The lowest BCUT2D eigenvalue weighted by Crippen LogP contribution is -2.54. The van der Waals surface area contributed by atoms with Crippen molar-refractivity contribution in [1.29, 1.82) is 0 Å². The van der Waals surface area contributed by atoms with E-state index >= 15 is 0 Å². The number of fused-ring (bicyclic) bond motifs is 2. The van der Waals surface area contributed by atoms with Crippen molar-refractivity contribution < 1.29 is 26.8 Å². The average Bonchev–Trinajstić information content (AvgIpc) is 3.49. The molecule has 0 aliphatic carbocycles. The number of thiazole rings is 1. The van der Waals surface area contributed by atoms with Crippen LogP contribution >= 0.6 is 11.3 Å². The van der Waals surface area contributed by atoms with Crippen LogP contribution in [0.2, 0.25) is 0 Å². The van der Waals surface area contributed by atoms with E-state index in [1.165, 1.54) is 29.5 Å². The second-order valence-electron chi connectivity index (χ2n) is 9.21. The van der Waals surface area contributed by atoms with Crippen LogP contribution < -0.4 is 24.2 Å². The van der Waals surface area contributed by atoms with E-state index in [4.69, 9.17) is 0 Å². The molecule has 0 unspecified atom stereocenters. The van der Waals surface area contributed by atoms with Gasteiger partial charge in [-0.2, -0.15) is 8.42 Å². The van der Waals surface area contributed by atoms with Crippen molar-refractivity contribution >= 4 is 68.0 Å². The molecule has 0 spiro atoms. The first-order valence-electron chi connectivity index (χ1n) is 12.1. The van der Waals surface area contributed by atoms with E-state index in [1.807, 2.05) is 18.6 Å². The maximum atomic E-state index is 13.9. The predicted octanol–water partition coefficient (Wildman–Crippen LogP) is 1.41. The maximum Gasteiger partial charge on any atom is 0.330 e. The Morgan fingerprint density at radius 2 is 1.93 bits per heavy atom. The summed E-state index contributed by atoms with van der Waals surface area (Å²) in [5, 5.41) is 2.37. The highest BCUT2D eigenvalue weighted by molar-refractivity contribution is 7.91. The van der Waals surface area contributed by atoms with Crippen molar-refractivity contribution in [1.82, 2.24) is 20.0 Å². The fourth-order valence-corrected chi connectivity index (χ4v) is 6.47. The van der Waals surface area contributed by atoms with Gasteiger partial charge in [0.2, 0.25) is 5.91 Å². The predicted molar refractivity (Wildman–Crippen MR) is 151 cm³/mol. The summed E-state index contributed by atoms with van der Waals surface area (Å²) in [5.41, 5.74) is 1.95. The van der Waals surface area contributed by atoms with Gasteiger partial charge in [0, 0.05) is 42.9 Å². The molecule has 1 atom stereocenters. The van der Waals surface area contributed by atoms with E-state index in [1.54, 1.807) is 24.3 Å². The minimum atomic E-state index is -4.37. The van der Waals surface area contributed by atoms with Crippen LogP contribution in [0.15, 0.2) is 54.7 Å². The molecule has 40 heavy (non-hydrogen) atoms. The van der Waals surface area contributed by atoms with Crippen molar-refractivity contribution in [2.24, 2.45) is 0 Å². The van der Waals surface area contributed by atoms with E-state index in [-0.39, 0.29) is 24.3 Å². The van der Waals surface area contributed by atoms with E-state index in [0.29, 0.717) is 29.3 Å². The van der Waals surface area contributed by atoms with Gasteiger partial charge in [-0.25, -0.2) is 27.6 Å². The number of carbonyl (C=O) groups is 2. The van der Waals surface area contributed by atoms with Crippen LogP contribution in [0.5, 0.6) is 0 Å². The van der Waals surface area contributed by atoms with E-state index in [2.05, 4.69) is 15.3 Å². The SMILES string of the molecule is Bc1nc2cc(N(C)C(=O)[C@H](Cc3cc(F)cc(F)c3)NC(=O)NS(=O)(=O)N3CCc4cccnc43)ccc2s1. The summed E-state index contributed by atoms with van der Waals surface area (Å²) >= 11 is 1.50. The quantitative estimate of drug-likeness (QED) is 0.317. The van der Waals surface area contributed by atoms with Gasteiger partial charge in [0.1, 0.15) is 23.5 Å². The molecule has 0 radical (unpaired) electrons. The number of amides is 3. The monoisotopic (exact) mass is 584 g/mol. The minimum absolute atomic E-state index is 0.0845. The lowest BCUT2D eigenvalue weighted by molar-refractivity contribution is -0.120. The first-order chi connectivity index (χ1) is 19.0. The Hall–Kier alpha value is -4.11. The van der Waals surface area contributed by atoms with Gasteiger partial charge in [0.25, 0.3) is 0 Å². The van der Waals surface area contributed by atoms with Gasteiger partial charge in [-0.05, 0) is 53.9 Å². The van der Waals surface area contributed by atoms with Crippen molar-refractivity contribution in [3.05, 3.63) is 77.5 Å². The van der Waals surface area contributed by atoms with Crippen LogP contribution in [0.25, 0.3) is 10.2 Å². The molecule has 5 rings (SSSR count). The highest BCUT2D eigenvalue weighted by Crippen LogP contribution is 2.27. The standard InChI is InChI=1S/C25H23BF2N6O4S2/c1-33(18-4-5-21-19(13-18)30-24(26)39-21)23(35)20(11-14-9-16(27)12-17(28)10-14)31-25(36)32-40(37,38)34-8-6-15-3-2-7-29-22(15)34/h2-5,7,9-10,12-13,20H,6,8,11,26H2,1H3,(H2,31,32,36)/t20-/m0/s1. The second kappa shape index (κ2) is 10.8. The van der Waals surface area contributed by atoms with Gasteiger partial charge in [0.15, 0.2) is 7.85 Å². The third-order valence-electron chi connectivity index (χ3n) is 6.36. The molecule has 10 nitrogen and oxygen atoms in total. The number of urea groups is 1. The van der Waals surface area contributed by atoms with Gasteiger partial charge in [0.05, 0.1) is 10.2 Å². The van der Waals surface area contributed by atoms with Gasteiger partial charge >= 0.3 is 16.2 Å². The number of nitrogens with zero attached hydrogens (tertiary/aromatic N) is 4. The number of halogens is 2. The van der Waals surface area contributed by atoms with E-state index < -0.39 is 39.8 Å². The van der Waals surface area contributed by atoms with Crippen LogP contribution in [0, 0.1) is 11.6 Å². The topological polar surface area (TPSA) is 125 Å². The van der Waals surface area contributed by atoms with Gasteiger partial charge in [-0.3, -0.25) is 9.78 Å². The molecule has 3 amide bonds. The highest BCUT2D eigenvalue weighted by atomic mass is 32.2. The smallest absolute Gasteiger partial charge is 0.325 e. The Kier molecular flexibility index (Phi) is 7.42. The number of hydrogen-bond donors (Lipinski definition) is 2.